The number of carbonyl (C=O) groups excluding carboxylic acids is 1. The Balaban J connectivity index is 2.94. The smallest absolute Gasteiger partial charge is 0.260 e. The number of aryl methyl sites for hydroxylation is 2. The van der Waals surface area contributed by atoms with Crippen LogP contribution in [0, 0.1) is 13.8 Å². The van der Waals surface area contributed by atoms with E-state index in [0.29, 0.717) is 16.9 Å². The molecule has 1 rings (SSSR count). The van der Waals surface area contributed by atoms with Gasteiger partial charge in [0, 0.05) is 13.1 Å². The first-order valence-corrected chi connectivity index (χ1v) is 8.11. The van der Waals surface area contributed by atoms with Crippen molar-refractivity contribution in [2.45, 2.75) is 38.6 Å². The van der Waals surface area contributed by atoms with Crippen LogP contribution in [-0.4, -0.2) is 38.9 Å². The first kappa shape index (κ1) is 17.5. The van der Waals surface area contributed by atoms with Gasteiger partial charge in [-0.15, -0.1) is 0 Å². The predicted molar refractivity (Wildman–Crippen MR) is 80.7 cm³/mol. The van der Waals surface area contributed by atoms with Crippen LogP contribution in [0.4, 0.5) is 0 Å². The van der Waals surface area contributed by atoms with Crippen LogP contribution in [0.25, 0.3) is 0 Å². The summed E-state index contributed by atoms with van der Waals surface area (Å²) in [6, 6.07) is 2.97. The molecule has 0 unspecified atom stereocenters. The second-order valence-corrected chi connectivity index (χ2v) is 6.88. The van der Waals surface area contributed by atoms with E-state index in [1.54, 1.807) is 25.8 Å². The lowest BCUT2D eigenvalue weighted by Gasteiger charge is -2.22. The fourth-order valence-corrected chi connectivity index (χ4v) is 2.51. The highest BCUT2D eigenvalue weighted by Crippen LogP contribution is 2.26. The van der Waals surface area contributed by atoms with Gasteiger partial charge >= 0.3 is 0 Å². The van der Waals surface area contributed by atoms with E-state index in [1.165, 1.54) is 12.1 Å². The largest absolute Gasteiger partial charge is 0.483 e. The van der Waals surface area contributed by atoms with Crippen molar-refractivity contribution < 1.29 is 17.9 Å². The number of sulfonamides is 1. The number of rotatable bonds is 5. The van der Waals surface area contributed by atoms with E-state index < -0.39 is 10.0 Å². The SMILES string of the molecule is Cc1cc(S(N)(=O)=O)cc(C)c1OCC(=O)N(C)C(C)C. The van der Waals surface area contributed by atoms with Crippen LogP contribution in [0.1, 0.15) is 25.0 Å². The molecule has 0 spiro atoms. The Bertz CT molecular complexity index is 615. The van der Waals surface area contributed by atoms with Crippen LogP contribution in [0.2, 0.25) is 0 Å². The van der Waals surface area contributed by atoms with Crippen molar-refractivity contribution in [2.75, 3.05) is 13.7 Å². The molecule has 0 radical (unpaired) electrons. The molecule has 118 valence electrons. The average Bonchev–Trinajstić information content (AvgIpc) is 2.35. The van der Waals surface area contributed by atoms with Gasteiger partial charge in [-0.1, -0.05) is 0 Å². The van der Waals surface area contributed by atoms with Crippen LogP contribution in [-0.2, 0) is 14.8 Å². The number of hydrogen-bond acceptors (Lipinski definition) is 4. The third kappa shape index (κ3) is 4.44. The third-order valence-corrected chi connectivity index (χ3v) is 4.16. The van der Waals surface area contributed by atoms with E-state index in [2.05, 4.69) is 0 Å². The van der Waals surface area contributed by atoms with E-state index >= 15 is 0 Å². The zero-order valence-corrected chi connectivity index (χ0v) is 13.8. The summed E-state index contributed by atoms with van der Waals surface area (Å²) in [6.45, 7) is 7.16. The number of primary sulfonamides is 1. The molecule has 0 aliphatic rings. The molecule has 7 heteroatoms. The van der Waals surface area contributed by atoms with Crippen molar-refractivity contribution in [3.8, 4) is 5.75 Å². The minimum absolute atomic E-state index is 0.0375. The molecule has 0 bridgehead atoms. The summed E-state index contributed by atoms with van der Waals surface area (Å²) in [6.07, 6.45) is 0. The van der Waals surface area contributed by atoms with Gasteiger partial charge in [-0.3, -0.25) is 4.79 Å². The van der Waals surface area contributed by atoms with Gasteiger partial charge in [0.25, 0.3) is 5.91 Å². The molecule has 0 aromatic heterocycles. The van der Waals surface area contributed by atoms with Gasteiger partial charge in [0.1, 0.15) is 5.75 Å². The summed E-state index contributed by atoms with van der Waals surface area (Å²) in [5.41, 5.74) is 1.25. The molecule has 0 saturated heterocycles. The topological polar surface area (TPSA) is 89.7 Å². The number of nitrogens with two attached hydrogens (primary N) is 1. The Kier molecular flexibility index (Phi) is 5.36. The lowest BCUT2D eigenvalue weighted by atomic mass is 10.1. The van der Waals surface area contributed by atoms with Gasteiger partial charge in [0.05, 0.1) is 4.90 Å². The quantitative estimate of drug-likeness (QED) is 0.884. The molecule has 0 atom stereocenters. The Morgan fingerprint density at radius 1 is 1.29 bits per heavy atom. The van der Waals surface area contributed by atoms with E-state index in [9.17, 15) is 13.2 Å². The van der Waals surface area contributed by atoms with E-state index in [0.717, 1.165) is 0 Å². The van der Waals surface area contributed by atoms with Gasteiger partial charge < -0.3 is 9.64 Å². The molecule has 1 amide bonds. The molecule has 1 aromatic carbocycles. The standard InChI is InChI=1S/C14H22N2O4S/c1-9(2)16(5)13(17)8-20-14-10(3)6-12(7-11(14)4)21(15,18)19/h6-7,9H,8H2,1-5H3,(H2,15,18,19). The second-order valence-electron chi connectivity index (χ2n) is 5.32. The summed E-state index contributed by atoms with van der Waals surface area (Å²) in [5, 5.41) is 5.11. The maximum absolute atomic E-state index is 11.9. The molecule has 0 saturated carbocycles. The van der Waals surface area contributed by atoms with E-state index in [-0.39, 0.29) is 23.5 Å². The minimum Gasteiger partial charge on any atom is -0.483 e. The fourth-order valence-electron chi connectivity index (χ4n) is 1.83. The van der Waals surface area contributed by atoms with Gasteiger partial charge in [0.2, 0.25) is 10.0 Å². The maximum atomic E-state index is 11.9. The highest BCUT2D eigenvalue weighted by molar-refractivity contribution is 7.89. The van der Waals surface area contributed by atoms with Crippen LogP contribution in [0.15, 0.2) is 17.0 Å². The molecule has 1 aromatic rings. The van der Waals surface area contributed by atoms with Crippen LogP contribution in [0.5, 0.6) is 5.75 Å². The van der Waals surface area contributed by atoms with Crippen molar-refractivity contribution in [1.82, 2.24) is 4.90 Å². The van der Waals surface area contributed by atoms with Crippen molar-refractivity contribution >= 4 is 15.9 Å². The third-order valence-electron chi connectivity index (χ3n) is 3.27. The van der Waals surface area contributed by atoms with Gasteiger partial charge in [-0.05, 0) is 51.0 Å². The number of ether oxygens (including phenoxy) is 1. The monoisotopic (exact) mass is 314 g/mol. The molecule has 2 N–H and O–H groups in total. The first-order chi connectivity index (χ1) is 9.54. The highest BCUT2D eigenvalue weighted by Gasteiger charge is 2.16. The zero-order chi connectivity index (χ0) is 16.4. The molecular formula is C14H22N2O4S. The van der Waals surface area contributed by atoms with Gasteiger partial charge in [0.15, 0.2) is 6.61 Å². The van der Waals surface area contributed by atoms with Gasteiger partial charge in [-0.25, -0.2) is 13.6 Å². The average molecular weight is 314 g/mol. The first-order valence-electron chi connectivity index (χ1n) is 6.56. The lowest BCUT2D eigenvalue weighted by molar-refractivity contribution is -0.133. The summed E-state index contributed by atoms with van der Waals surface area (Å²) >= 11 is 0. The van der Waals surface area contributed by atoms with Crippen LogP contribution < -0.4 is 9.88 Å². The zero-order valence-electron chi connectivity index (χ0n) is 13.0. The Morgan fingerprint density at radius 2 is 1.76 bits per heavy atom. The number of benzene rings is 1. The van der Waals surface area contributed by atoms with Crippen molar-refractivity contribution in [2.24, 2.45) is 5.14 Å². The van der Waals surface area contributed by atoms with E-state index in [4.69, 9.17) is 9.88 Å². The molecule has 21 heavy (non-hydrogen) atoms. The van der Waals surface area contributed by atoms with Gasteiger partial charge in [-0.2, -0.15) is 0 Å². The number of carbonyl (C=O) groups is 1. The molecule has 0 aliphatic heterocycles. The highest BCUT2D eigenvalue weighted by atomic mass is 32.2. The molecule has 0 heterocycles. The fraction of sp³-hybridized carbons (Fsp3) is 0.500. The summed E-state index contributed by atoms with van der Waals surface area (Å²) < 4.78 is 28.3. The summed E-state index contributed by atoms with van der Waals surface area (Å²) in [4.78, 5) is 13.5. The number of likely N-dealkylation sites (N-methyl/N-ethyl adjacent to an activating group) is 1. The molecule has 0 fully saturated rings. The van der Waals surface area contributed by atoms with Crippen molar-refractivity contribution in [3.63, 3.8) is 0 Å². The Labute approximate surface area is 125 Å². The summed E-state index contributed by atoms with van der Waals surface area (Å²) in [5.74, 6) is 0.368. The van der Waals surface area contributed by atoms with Crippen LogP contribution >= 0.6 is 0 Å². The predicted octanol–water partition coefficient (Wildman–Crippen LogP) is 1.20. The Hall–Kier alpha value is -1.60. The number of nitrogens with zero attached hydrogens (tertiary/aromatic N) is 1. The molecule has 6 nitrogen and oxygen atoms in total. The number of amides is 1. The van der Waals surface area contributed by atoms with Crippen LogP contribution in [0.3, 0.4) is 0 Å². The lowest BCUT2D eigenvalue weighted by Crippen LogP contribution is -2.36. The Morgan fingerprint density at radius 3 is 2.14 bits per heavy atom. The summed E-state index contributed by atoms with van der Waals surface area (Å²) in [7, 11) is -2.04. The van der Waals surface area contributed by atoms with E-state index in [1.807, 2.05) is 13.8 Å². The number of hydrogen-bond donors (Lipinski definition) is 1. The van der Waals surface area contributed by atoms with Crippen molar-refractivity contribution in [3.05, 3.63) is 23.3 Å². The normalized spacial score (nSPS) is 11.6. The maximum Gasteiger partial charge on any atom is 0.260 e. The van der Waals surface area contributed by atoms with Crippen molar-refractivity contribution in [1.29, 1.82) is 0 Å². The molecular weight excluding hydrogens is 292 g/mol. The minimum atomic E-state index is -3.75. The molecule has 0 aliphatic carbocycles. The second kappa shape index (κ2) is 6.44.